The van der Waals surface area contributed by atoms with Gasteiger partial charge in [0.25, 0.3) is 0 Å². The molecule has 3 aliphatic heterocycles. The lowest BCUT2D eigenvalue weighted by Gasteiger charge is -2.35. The number of halogens is 2. The Labute approximate surface area is 164 Å². The molecule has 5 nitrogen and oxygen atoms in total. The van der Waals surface area contributed by atoms with Crippen LogP contribution < -0.4 is 10.2 Å². The van der Waals surface area contributed by atoms with E-state index in [-0.39, 0.29) is 10.8 Å². The van der Waals surface area contributed by atoms with Crippen molar-refractivity contribution in [3.05, 3.63) is 70.5 Å². The fourth-order valence-electron chi connectivity index (χ4n) is 4.58. The predicted molar refractivity (Wildman–Crippen MR) is 101 cm³/mol. The van der Waals surface area contributed by atoms with Crippen LogP contribution in [0.15, 0.2) is 48.5 Å². The van der Waals surface area contributed by atoms with Crippen LogP contribution in [-0.2, 0) is 9.59 Å². The van der Waals surface area contributed by atoms with Gasteiger partial charge in [-0.25, -0.2) is 4.39 Å². The summed E-state index contributed by atoms with van der Waals surface area (Å²) in [7, 11) is 0. The van der Waals surface area contributed by atoms with Crippen molar-refractivity contribution in [2.75, 3.05) is 4.90 Å². The fourth-order valence-corrected chi connectivity index (χ4v) is 4.81. The standard InChI is InChI=1S/C21H14ClFN2O3/c22-13-4-2-1-3-12(13)19(26)18-17-16(20(27)24-21(17)28)15-7-5-10-9-11(23)6-8-14(10)25(15)18/h1-9,15-18H,(H,24,27,28)/t15-,16-,17-,18+/m1/s1. The highest BCUT2D eigenvalue weighted by molar-refractivity contribution is 6.34. The molecular weight excluding hydrogens is 383 g/mol. The smallest absolute Gasteiger partial charge is 0.233 e. The number of fused-ring (bicyclic) bond motifs is 5. The first kappa shape index (κ1) is 17.1. The average molecular weight is 397 g/mol. The molecule has 0 spiro atoms. The number of rotatable bonds is 2. The summed E-state index contributed by atoms with van der Waals surface area (Å²) in [6, 6.07) is 9.51. The zero-order valence-corrected chi connectivity index (χ0v) is 15.2. The molecule has 7 heteroatoms. The molecule has 4 atom stereocenters. The van der Waals surface area contributed by atoms with Gasteiger partial charge in [0.2, 0.25) is 11.8 Å². The van der Waals surface area contributed by atoms with Crippen molar-refractivity contribution < 1.29 is 18.8 Å². The molecule has 2 fully saturated rings. The molecule has 1 N–H and O–H groups in total. The van der Waals surface area contributed by atoms with Crippen molar-refractivity contribution in [1.29, 1.82) is 0 Å². The maximum absolute atomic E-state index is 13.7. The van der Waals surface area contributed by atoms with Crippen LogP contribution in [0.4, 0.5) is 10.1 Å². The molecule has 0 unspecified atom stereocenters. The molecule has 3 aliphatic rings. The van der Waals surface area contributed by atoms with E-state index in [1.54, 1.807) is 47.4 Å². The molecule has 0 aliphatic carbocycles. The van der Waals surface area contributed by atoms with Gasteiger partial charge in [-0.05, 0) is 30.3 Å². The zero-order chi connectivity index (χ0) is 19.6. The largest absolute Gasteiger partial charge is 0.352 e. The van der Waals surface area contributed by atoms with Crippen molar-refractivity contribution in [2.24, 2.45) is 11.8 Å². The third-order valence-corrected chi connectivity index (χ3v) is 6.05. The summed E-state index contributed by atoms with van der Waals surface area (Å²) in [5.41, 5.74) is 1.51. The van der Waals surface area contributed by atoms with Crippen molar-refractivity contribution in [2.45, 2.75) is 12.1 Å². The number of anilines is 1. The van der Waals surface area contributed by atoms with E-state index in [2.05, 4.69) is 5.32 Å². The molecule has 2 aromatic rings. The topological polar surface area (TPSA) is 66.5 Å². The zero-order valence-electron chi connectivity index (χ0n) is 14.4. The van der Waals surface area contributed by atoms with Gasteiger partial charge >= 0.3 is 0 Å². The molecule has 28 heavy (non-hydrogen) atoms. The van der Waals surface area contributed by atoms with Crippen LogP contribution in [0.2, 0.25) is 5.02 Å². The number of carbonyl (C=O) groups excluding carboxylic acids is 3. The van der Waals surface area contributed by atoms with Crippen LogP contribution in [0.3, 0.4) is 0 Å². The van der Waals surface area contributed by atoms with Gasteiger partial charge in [0.15, 0.2) is 5.78 Å². The van der Waals surface area contributed by atoms with E-state index in [1.807, 2.05) is 0 Å². The lowest BCUT2D eigenvalue weighted by Crippen LogP contribution is -2.47. The molecular formula is C21H14ClFN2O3. The van der Waals surface area contributed by atoms with E-state index in [4.69, 9.17) is 11.6 Å². The normalized spacial score (nSPS) is 27.3. The van der Waals surface area contributed by atoms with Gasteiger partial charge in [-0.1, -0.05) is 35.9 Å². The minimum atomic E-state index is -0.907. The van der Waals surface area contributed by atoms with E-state index in [1.165, 1.54) is 12.1 Å². The van der Waals surface area contributed by atoms with E-state index in [0.717, 1.165) is 0 Å². The van der Waals surface area contributed by atoms with E-state index in [9.17, 15) is 18.8 Å². The second kappa shape index (κ2) is 6.01. The third-order valence-electron chi connectivity index (χ3n) is 5.72. The van der Waals surface area contributed by atoms with Crippen molar-refractivity contribution in [1.82, 2.24) is 5.32 Å². The van der Waals surface area contributed by atoms with E-state index in [0.29, 0.717) is 16.8 Å². The molecule has 5 rings (SSSR count). The number of imide groups is 1. The monoisotopic (exact) mass is 396 g/mol. The minimum absolute atomic E-state index is 0.282. The first-order chi connectivity index (χ1) is 13.5. The summed E-state index contributed by atoms with van der Waals surface area (Å²) in [6.07, 6.45) is 3.49. The van der Waals surface area contributed by atoms with E-state index >= 15 is 0 Å². The van der Waals surface area contributed by atoms with Crippen LogP contribution in [0.25, 0.3) is 6.08 Å². The van der Waals surface area contributed by atoms with Crippen molar-refractivity contribution in [3.8, 4) is 0 Å². The molecule has 3 heterocycles. The van der Waals surface area contributed by atoms with Gasteiger partial charge in [0.1, 0.15) is 11.9 Å². The number of nitrogens with zero attached hydrogens (tertiary/aromatic N) is 1. The first-order valence-electron chi connectivity index (χ1n) is 8.87. The van der Waals surface area contributed by atoms with Gasteiger partial charge < -0.3 is 4.90 Å². The van der Waals surface area contributed by atoms with Crippen LogP contribution in [-0.4, -0.2) is 29.7 Å². The molecule has 0 bridgehead atoms. The number of hydrogen-bond donors (Lipinski definition) is 1. The molecule has 0 aromatic heterocycles. The lowest BCUT2D eigenvalue weighted by molar-refractivity contribution is -0.126. The Kier molecular flexibility index (Phi) is 3.67. The molecule has 2 amide bonds. The Hall–Kier alpha value is -2.99. The van der Waals surface area contributed by atoms with Gasteiger partial charge in [-0.15, -0.1) is 0 Å². The number of nitrogens with one attached hydrogen (secondary N) is 1. The number of Topliss-reactive ketones (excluding diaryl/α,β-unsaturated/α-hetero) is 1. The van der Waals surface area contributed by atoms with Crippen LogP contribution in [0.1, 0.15) is 15.9 Å². The Bertz CT molecular complexity index is 1080. The highest BCUT2D eigenvalue weighted by atomic mass is 35.5. The van der Waals surface area contributed by atoms with Crippen LogP contribution in [0, 0.1) is 17.7 Å². The molecule has 0 saturated carbocycles. The Morgan fingerprint density at radius 3 is 2.61 bits per heavy atom. The predicted octanol–water partition coefficient (Wildman–Crippen LogP) is 2.83. The number of ketones is 1. The van der Waals surface area contributed by atoms with Crippen molar-refractivity contribution >= 4 is 41.0 Å². The molecule has 0 radical (unpaired) electrons. The summed E-state index contributed by atoms with van der Waals surface area (Å²) in [6.45, 7) is 0. The van der Waals surface area contributed by atoms with Gasteiger partial charge in [0, 0.05) is 16.8 Å². The number of hydrogen-bond acceptors (Lipinski definition) is 4. The number of benzene rings is 2. The molecule has 140 valence electrons. The highest BCUT2D eigenvalue weighted by Gasteiger charge is 2.61. The molecule has 2 saturated heterocycles. The highest BCUT2D eigenvalue weighted by Crippen LogP contribution is 2.47. The SMILES string of the molecule is O=C1NC(=O)[C@H]2[C@@H]1[C@@H](C(=O)c1ccccc1Cl)N1c3ccc(F)cc3C=C[C@H]21. The Morgan fingerprint density at radius 2 is 1.82 bits per heavy atom. The van der Waals surface area contributed by atoms with Crippen molar-refractivity contribution in [3.63, 3.8) is 0 Å². The number of carbonyl (C=O) groups is 3. The summed E-state index contributed by atoms with van der Waals surface area (Å²) < 4.78 is 13.7. The van der Waals surface area contributed by atoms with Crippen LogP contribution >= 0.6 is 11.6 Å². The van der Waals surface area contributed by atoms with E-state index < -0.39 is 41.6 Å². The second-order valence-electron chi connectivity index (χ2n) is 7.15. The lowest BCUT2D eigenvalue weighted by atomic mass is 9.86. The second-order valence-corrected chi connectivity index (χ2v) is 7.56. The maximum atomic E-state index is 13.7. The Morgan fingerprint density at radius 1 is 1.07 bits per heavy atom. The first-order valence-corrected chi connectivity index (χ1v) is 9.25. The van der Waals surface area contributed by atoms with Gasteiger partial charge in [-0.3, -0.25) is 19.7 Å². The summed E-state index contributed by atoms with van der Waals surface area (Å²) >= 11 is 6.23. The van der Waals surface area contributed by atoms with Gasteiger partial charge in [-0.2, -0.15) is 0 Å². The fraction of sp³-hybridized carbons (Fsp3) is 0.190. The third kappa shape index (κ3) is 2.27. The minimum Gasteiger partial charge on any atom is -0.352 e. The molecule has 2 aromatic carbocycles. The Balaban J connectivity index is 1.69. The van der Waals surface area contributed by atoms with Crippen LogP contribution in [0.5, 0.6) is 0 Å². The summed E-state index contributed by atoms with van der Waals surface area (Å²) in [5.74, 6) is -3.11. The summed E-state index contributed by atoms with van der Waals surface area (Å²) in [4.78, 5) is 40.3. The quantitative estimate of drug-likeness (QED) is 0.626. The average Bonchev–Trinajstić information content (AvgIpc) is 3.17. The van der Waals surface area contributed by atoms with Gasteiger partial charge in [0.05, 0.1) is 22.9 Å². The maximum Gasteiger partial charge on any atom is 0.233 e. The number of amides is 2. The summed E-state index contributed by atoms with van der Waals surface area (Å²) in [5, 5.41) is 2.63.